The number of rotatable bonds is 5. The van der Waals surface area contributed by atoms with E-state index in [2.05, 4.69) is 30.6 Å². The molecule has 0 saturated carbocycles. The van der Waals surface area contributed by atoms with Crippen LogP contribution in [0.15, 0.2) is 12.4 Å². The minimum absolute atomic E-state index is 0.0473. The van der Waals surface area contributed by atoms with E-state index in [1.54, 1.807) is 0 Å². The largest absolute Gasteiger partial charge is 0.394 e. The van der Waals surface area contributed by atoms with Crippen LogP contribution in [0, 0.1) is 5.82 Å². The summed E-state index contributed by atoms with van der Waals surface area (Å²) in [5.41, 5.74) is 5.35. The number of nitrogens with two attached hydrogens (primary N) is 1. The highest BCUT2D eigenvalue weighted by atomic mass is 19.1. The Morgan fingerprint density at radius 2 is 2.03 bits per heavy atom. The molecule has 2 aliphatic rings. The molecule has 0 amide bonds. The Morgan fingerprint density at radius 1 is 1.28 bits per heavy atom. The lowest BCUT2D eigenvalue weighted by atomic mass is 9.91. The van der Waals surface area contributed by atoms with Crippen molar-refractivity contribution in [3.63, 3.8) is 0 Å². The minimum atomic E-state index is -0.690. The summed E-state index contributed by atoms with van der Waals surface area (Å²) >= 11 is 0. The second-order valence-corrected chi connectivity index (χ2v) is 7.31. The molecule has 1 atom stereocenters. The number of nitrogens with one attached hydrogen (secondary N) is 2. The summed E-state index contributed by atoms with van der Waals surface area (Å²) in [5, 5.41) is 16.4. The molecule has 29 heavy (non-hydrogen) atoms. The van der Waals surface area contributed by atoms with Crippen LogP contribution >= 0.6 is 0 Å². The van der Waals surface area contributed by atoms with E-state index in [0.29, 0.717) is 50.8 Å². The van der Waals surface area contributed by atoms with Crippen molar-refractivity contribution in [3.8, 4) is 11.3 Å². The zero-order valence-electron chi connectivity index (χ0n) is 16.1. The van der Waals surface area contributed by atoms with Gasteiger partial charge in [-0.2, -0.15) is 4.98 Å². The number of nitrogen functional groups attached to an aromatic ring is 1. The van der Waals surface area contributed by atoms with Crippen molar-refractivity contribution in [1.29, 1.82) is 0 Å². The summed E-state index contributed by atoms with van der Waals surface area (Å²) < 4.78 is 20.8. The van der Waals surface area contributed by atoms with Gasteiger partial charge in [-0.3, -0.25) is 0 Å². The molecule has 0 aromatic carbocycles. The SMILES string of the molecule is Nc1ncc(-c2nc(N3CCOCC3)nc(N[C@@]3(CO)CCCNC3)c2F)cn1. The van der Waals surface area contributed by atoms with Gasteiger partial charge in [0, 0.05) is 37.6 Å². The normalized spacial score (nSPS) is 22.5. The number of aliphatic hydroxyl groups is 1. The van der Waals surface area contributed by atoms with Gasteiger partial charge in [0.25, 0.3) is 0 Å². The second kappa shape index (κ2) is 8.39. The molecule has 0 unspecified atom stereocenters. The van der Waals surface area contributed by atoms with Gasteiger partial charge in [0.05, 0.1) is 25.4 Å². The number of aromatic nitrogens is 4. The molecule has 2 aliphatic heterocycles. The molecular formula is C18H25FN8O2. The number of piperidine rings is 1. The molecular weight excluding hydrogens is 379 g/mol. The number of hydrogen-bond acceptors (Lipinski definition) is 10. The lowest BCUT2D eigenvalue weighted by molar-refractivity contribution is 0.122. The topological polar surface area (TPSA) is 134 Å². The van der Waals surface area contributed by atoms with E-state index in [1.165, 1.54) is 12.4 Å². The van der Waals surface area contributed by atoms with Crippen LogP contribution in [0.5, 0.6) is 0 Å². The first-order valence-corrected chi connectivity index (χ1v) is 9.68. The summed E-state index contributed by atoms with van der Waals surface area (Å²) in [6.45, 7) is 3.55. The minimum Gasteiger partial charge on any atom is -0.394 e. The van der Waals surface area contributed by atoms with Crippen LogP contribution in [0.2, 0.25) is 0 Å². The Labute approximate surface area is 167 Å². The first kappa shape index (κ1) is 19.7. The molecule has 156 valence electrons. The number of aliphatic hydroxyl groups excluding tert-OH is 1. The van der Waals surface area contributed by atoms with Gasteiger partial charge in [-0.25, -0.2) is 19.3 Å². The third kappa shape index (κ3) is 4.21. The number of nitrogens with zero attached hydrogens (tertiary/aromatic N) is 5. The number of hydrogen-bond donors (Lipinski definition) is 4. The predicted octanol–water partition coefficient (Wildman–Crippen LogP) is 0.0179. The summed E-state index contributed by atoms with van der Waals surface area (Å²) in [5.74, 6) is -0.0804. The zero-order valence-corrected chi connectivity index (χ0v) is 16.1. The van der Waals surface area contributed by atoms with E-state index in [9.17, 15) is 5.11 Å². The van der Waals surface area contributed by atoms with E-state index in [1.807, 2.05) is 4.90 Å². The van der Waals surface area contributed by atoms with Gasteiger partial charge < -0.3 is 31.1 Å². The number of morpholine rings is 1. The molecule has 2 aromatic heterocycles. The van der Waals surface area contributed by atoms with Crippen molar-refractivity contribution >= 4 is 17.7 Å². The van der Waals surface area contributed by atoms with Gasteiger partial charge in [0.15, 0.2) is 11.6 Å². The highest BCUT2D eigenvalue weighted by Gasteiger charge is 2.34. The van der Waals surface area contributed by atoms with Gasteiger partial charge in [-0.15, -0.1) is 0 Å². The van der Waals surface area contributed by atoms with Gasteiger partial charge >= 0.3 is 0 Å². The summed E-state index contributed by atoms with van der Waals surface area (Å²) in [6.07, 6.45) is 4.44. The number of halogens is 1. The molecule has 2 fully saturated rings. The Morgan fingerprint density at radius 3 is 2.69 bits per heavy atom. The molecule has 0 spiro atoms. The number of ether oxygens (including phenoxy) is 1. The van der Waals surface area contributed by atoms with Gasteiger partial charge in [-0.05, 0) is 19.4 Å². The zero-order chi connectivity index (χ0) is 20.3. The van der Waals surface area contributed by atoms with Gasteiger partial charge in [0.1, 0.15) is 5.69 Å². The first-order valence-electron chi connectivity index (χ1n) is 9.68. The monoisotopic (exact) mass is 404 g/mol. The van der Waals surface area contributed by atoms with E-state index in [-0.39, 0.29) is 24.1 Å². The first-order chi connectivity index (χ1) is 14.1. The Hall–Kier alpha value is -2.63. The maximum absolute atomic E-state index is 15.4. The lowest BCUT2D eigenvalue weighted by Crippen LogP contribution is -2.54. The van der Waals surface area contributed by atoms with Gasteiger partial charge in [0.2, 0.25) is 11.9 Å². The van der Waals surface area contributed by atoms with E-state index in [0.717, 1.165) is 13.0 Å². The lowest BCUT2D eigenvalue weighted by Gasteiger charge is -2.37. The molecule has 11 heteroatoms. The highest BCUT2D eigenvalue weighted by Crippen LogP contribution is 2.30. The molecule has 10 nitrogen and oxygen atoms in total. The van der Waals surface area contributed by atoms with E-state index >= 15 is 4.39 Å². The highest BCUT2D eigenvalue weighted by molar-refractivity contribution is 5.65. The molecule has 0 aliphatic carbocycles. The fraction of sp³-hybridized carbons (Fsp3) is 0.556. The Bertz CT molecular complexity index is 838. The molecule has 2 saturated heterocycles. The molecule has 0 bridgehead atoms. The third-order valence-corrected chi connectivity index (χ3v) is 5.24. The smallest absolute Gasteiger partial charge is 0.228 e. The van der Waals surface area contributed by atoms with E-state index in [4.69, 9.17) is 10.5 Å². The fourth-order valence-corrected chi connectivity index (χ4v) is 3.57. The summed E-state index contributed by atoms with van der Waals surface area (Å²) in [7, 11) is 0. The molecule has 4 rings (SSSR count). The Balaban J connectivity index is 1.76. The molecule has 0 radical (unpaired) electrons. The third-order valence-electron chi connectivity index (χ3n) is 5.24. The predicted molar refractivity (Wildman–Crippen MR) is 106 cm³/mol. The van der Waals surface area contributed by atoms with Crippen LogP contribution in [0.4, 0.5) is 22.1 Å². The van der Waals surface area contributed by atoms with Crippen molar-refractivity contribution in [2.45, 2.75) is 18.4 Å². The standard InChI is InChI=1S/C18H25FN8O2/c19-13-14(12-8-22-16(20)23-9-12)24-17(27-4-6-29-7-5-27)25-15(13)26-18(11-28)2-1-3-21-10-18/h8-9,21,28H,1-7,10-11H2,(H2,20,22,23)(H,24,25,26)/t18-/m0/s1. The fourth-order valence-electron chi connectivity index (χ4n) is 3.57. The summed E-state index contributed by atoms with van der Waals surface area (Å²) in [4.78, 5) is 18.7. The quantitative estimate of drug-likeness (QED) is 0.540. The Kier molecular flexibility index (Phi) is 5.69. The van der Waals surface area contributed by atoms with Crippen molar-refractivity contribution in [2.75, 3.05) is 62.0 Å². The van der Waals surface area contributed by atoms with Crippen molar-refractivity contribution < 1.29 is 14.2 Å². The van der Waals surface area contributed by atoms with Crippen LogP contribution < -0.4 is 21.3 Å². The van der Waals surface area contributed by atoms with Crippen LogP contribution in [0.3, 0.4) is 0 Å². The van der Waals surface area contributed by atoms with Crippen LogP contribution in [-0.2, 0) is 4.74 Å². The number of anilines is 3. The molecule has 5 N–H and O–H groups in total. The van der Waals surface area contributed by atoms with Crippen LogP contribution in [0.1, 0.15) is 12.8 Å². The van der Waals surface area contributed by atoms with Crippen LogP contribution in [0.25, 0.3) is 11.3 Å². The maximum Gasteiger partial charge on any atom is 0.228 e. The summed E-state index contributed by atoms with van der Waals surface area (Å²) in [6, 6.07) is 0. The average Bonchev–Trinajstić information content (AvgIpc) is 2.77. The van der Waals surface area contributed by atoms with Crippen molar-refractivity contribution in [2.24, 2.45) is 0 Å². The van der Waals surface area contributed by atoms with E-state index < -0.39 is 11.4 Å². The van der Waals surface area contributed by atoms with Crippen LogP contribution in [-0.4, -0.2) is 76.6 Å². The van der Waals surface area contributed by atoms with Gasteiger partial charge in [-0.1, -0.05) is 0 Å². The van der Waals surface area contributed by atoms with Crippen molar-refractivity contribution in [3.05, 3.63) is 18.2 Å². The second-order valence-electron chi connectivity index (χ2n) is 7.31. The van der Waals surface area contributed by atoms with Crippen molar-refractivity contribution in [1.82, 2.24) is 25.3 Å². The molecule has 2 aromatic rings. The average molecular weight is 404 g/mol. The maximum atomic E-state index is 15.4. The molecule has 4 heterocycles.